The summed E-state index contributed by atoms with van der Waals surface area (Å²) < 4.78 is 12.9. The van der Waals surface area contributed by atoms with Crippen LogP contribution < -0.4 is 0 Å². The second kappa shape index (κ2) is 7.19. The lowest BCUT2D eigenvalue weighted by Gasteiger charge is -2.36. The first kappa shape index (κ1) is 14.7. The van der Waals surface area contributed by atoms with Crippen LogP contribution in [0.2, 0.25) is 0 Å². The van der Waals surface area contributed by atoms with E-state index in [-0.39, 0.29) is 5.82 Å². The molecule has 0 saturated carbocycles. The van der Waals surface area contributed by atoms with E-state index in [0.29, 0.717) is 0 Å². The first-order valence-corrected chi connectivity index (χ1v) is 8.14. The van der Waals surface area contributed by atoms with E-state index < -0.39 is 0 Å². The number of allylic oxidation sites excluding steroid dienone is 2. The molecule has 0 bridgehead atoms. The summed E-state index contributed by atoms with van der Waals surface area (Å²) in [6.45, 7) is 6.79. The van der Waals surface area contributed by atoms with Crippen LogP contribution in [0.15, 0.2) is 36.4 Å². The van der Waals surface area contributed by atoms with Gasteiger partial charge in [0.25, 0.3) is 0 Å². The molecule has 0 amide bonds. The molecular weight excluding hydrogens is 263 g/mol. The molecule has 0 N–H and O–H groups in total. The number of nitrogens with zero attached hydrogens (tertiary/aromatic N) is 2. The standard InChI is InChI=1S/C18H25FN2/c19-18-8-6-17(7-9-18)15-21-12-10-20(11-13-21)14-16-4-2-1-3-5-16/h1-2,6-9,16H,3-5,10-15H2/t16-/m1/s1. The molecule has 3 heteroatoms. The van der Waals surface area contributed by atoms with Gasteiger partial charge in [0.2, 0.25) is 0 Å². The highest BCUT2D eigenvalue weighted by Crippen LogP contribution is 2.20. The van der Waals surface area contributed by atoms with Crippen molar-refractivity contribution in [2.75, 3.05) is 32.7 Å². The van der Waals surface area contributed by atoms with Gasteiger partial charge in [-0.1, -0.05) is 24.3 Å². The Kier molecular flexibility index (Phi) is 5.04. The minimum Gasteiger partial charge on any atom is -0.301 e. The number of piperazine rings is 1. The lowest BCUT2D eigenvalue weighted by atomic mass is 9.94. The maximum absolute atomic E-state index is 12.9. The average molecular weight is 288 g/mol. The second-order valence-electron chi connectivity index (χ2n) is 6.35. The molecule has 1 aliphatic heterocycles. The summed E-state index contributed by atoms with van der Waals surface area (Å²) in [6.07, 6.45) is 8.54. The quantitative estimate of drug-likeness (QED) is 0.784. The van der Waals surface area contributed by atoms with Crippen molar-refractivity contribution in [3.05, 3.63) is 47.8 Å². The maximum Gasteiger partial charge on any atom is 0.123 e. The van der Waals surface area contributed by atoms with Crippen molar-refractivity contribution in [2.45, 2.75) is 25.8 Å². The summed E-state index contributed by atoms with van der Waals surface area (Å²) in [5.74, 6) is 0.712. The van der Waals surface area contributed by atoms with Crippen molar-refractivity contribution < 1.29 is 4.39 Å². The van der Waals surface area contributed by atoms with E-state index in [1.807, 2.05) is 12.1 Å². The summed E-state index contributed by atoms with van der Waals surface area (Å²) in [4.78, 5) is 5.09. The maximum atomic E-state index is 12.9. The minimum absolute atomic E-state index is 0.148. The summed E-state index contributed by atoms with van der Waals surface area (Å²) >= 11 is 0. The van der Waals surface area contributed by atoms with Crippen LogP contribution in [0.1, 0.15) is 24.8 Å². The van der Waals surface area contributed by atoms with Crippen molar-refractivity contribution in [2.24, 2.45) is 5.92 Å². The Morgan fingerprint density at radius 1 is 0.952 bits per heavy atom. The predicted octanol–water partition coefficient (Wildman–Crippen LogP) is 3.30. The predicted molar refractivity (Wildman–Crippen MR) is 84.6 cm³/mol. The molecule has 21 heavy (non-hydrogen) atoms. The largest absolute Gasteiger partial charge is 0.301 e. The normalized spacial score (nSPS) is 24.3. The number of hydrogen-bond donors (Lipinski definition) is 0. The van der Waals surface area contributed by atoms with Crippen molar-refractivity contribution in [1.29, 1.82) is 0 Å². The van der Waals surface area contributed by atoms with Crippen LogP contribution in [-0.2, 0) is 6.54 Å². The van der Waals surface area contributed by atoms with Gasteiger partial charge in [-0.2, -0.15) is 0 Å². The van der Waals surface area contributed by atoms with Gasteiger partial charge in [-0.05, 0) is 42.9 Å². The Bertz CT molecular complexity index is 461. The number of benzene rings is 1. The second-order valence-corrected chi connectivity index (χ2v) is 6.35. The van der Waals surface area contributed by atoms with E-state index >= 15 is 0 Å². The fraction of sp³-hybridized carbons (Fsp3) is 0.556. The SMILES string of the molecule is Fc1ccc(CN2CCN(C[C@@H]3CC=CCC3)CC2)cc1. The van der Waals surface area contributed by atoms with Gasteiger partial charge in [-0.3, -0.25) is 4.90 Å². The lowest BCUT2D eigenvalue weighted by molar-refractivity contribution is 0.111. The van der Waals surface area contributed by atoms with E-state index in [9.17, 15) is 4.39 Å². The molecule has 1 aromatic carbocycles. The lowest BCUT2D eigenvalue weighted by Crippen LogP contribution is -2.47. The van der Waals surface area contributed by atoms with Crippen LogP contribution in [0.3, 0.4) is 0 Å². The van der Waals surface area contributed by atoms with Crippen LogP contribution >= 0.6 is 0 Å². The van der Waals surface area contributed by atoms with E-state index in [1.165, 1.54) is 44.5 Å². The van der Waals surface area contributed by atoms with Crippen molar-refractivity contribution in [1.82, 2.24) is 9.80 Å². The Labute approximate surface area is 127 Å². The molecule has 3 rings (SSSR count). The van der Waals surface area contributed by atoms with Gasteiger partial charge in [0.15, 0.2) is 0 Å². The fourth-order valence-electron chi connectivity index (χ4n) is 3.37. The van der Waals surface area contributed by atoms with E-state index in [4.69, 9.17) is 0 Å². The van der Waals surface area contributed by atoms with E-state index in [1.54, 1.807) is 12.1 Å². The summed E-state index contributed by atoms with van der Waals surface area (Å²) in [5.41, 5.74) is 1.21. The van der Waals surface area contributed by atoms with Crippen LogP contribution in [0.25, 0.3) is 0 Å². The minimum atomic E-state index is -0.148. The number of rotatable bonds is 4. The van der Waals surface area contributed by atoms with Gasteiger partial charge in [-0.25, -0.2) is 4.39 Å². The molecule has 0 aromatic heterocycles. The van der Waals surface area contributed by atoms with Crippen LogP contribution in [0.5, 0.6) is 0 Å². The van der Waals surface area contributed by atoms with Gasteiger partial charge in [0.05, 0.1) is 0 Å². The first-order chi connectivity index (χ1) is 10.3. The molecule has 1 atom stereocenters. The van der Waals surface area contributed by atoms with Gasteiger partial charge in [0.1, 0.15) is 5.82 Å². The Morgan fingerprint density at radius 3 is 2.33 bits per heavy atom. The molecule has 2 aliphatic rings. The van der Waals surface area contributed by atoms with Crippen molar-refractivity contribution >= 4 is 0 Å². The number of halogens is 1. The Balaban J connectivity index is 1.42. The van der Waals surface area contributed by atoms with Gasteiger partial charge in [0, 0.05) is 39.3 Å². The fourth-order valence-corrected chi connectivity index (χ4v) is 3.37. The van der Waals surface area contributed by atoms with Crippen LogP contribution in [-0.4, -0.2) is 42.5 Å². The third kappa shape index (κ3) is 4.39. The number of hydrogen-bond acceptors (Lipinski definition) is 2. The average Bonchev–Trinajstić information content (AvgIpc) is 2.53. The molecule has 1 saturated heterocycles. The summed E-state index contributed by atoms with van der Waals surface area (Å²) in [5, 5.41) is 0. The highest BCUT2D eigenvalue weighted by molar-refractivity contribution is 5.15. The monoisotopic (exact) mass is 288 g/mol. The van der Waals surface area contributed by atoms with Crippen molar-refractivity contribution in [3.63, 3.8) is 0 Å². The molecule has 0 radical (unpaired) electrons. The molecule has 1 aliphatic carbocycles. The molecule has 2 nitrogen and oxygen atoms in total. The van der Waals surface area contributed by atoms with Crippen LogP contribution in [0.4, 0.5) is 4.39 Å². The molecule has 1 fully saturated rings. The summed E-state index contributed by atoms with van der Waals surface area (Å²) in [7, 11) is 0. The molecule has 0 unspecified atom stereocenters. The molecule has 1 heterocycles. The topological polar surface area (TPSA) is 6.48 Å². The molecule has 114 valence electrons. The van der Waals surface area contributed by atoms with Gasteiger partial charge in [-0.15, -0.1) is 0 Å². The summed E-state index contributed by atoms with van der Waals surface area (Å²) in [6, 6.07) is 6.91. The zero-order valence-electron chi connectivity index (χ0n) is 12.7. The Morgan fingerprint density at radius 2 is 1.67 bits per heavy atom. The van der Waals surface area contributed by atoms with E-state index in [2.05, 4.69) is 22.0 Å². The third-order valence-electron chi connectivity index (χ3n) is 4.68. The van der Waals surface area contributed by atoms with E-state index in [0.717, 1.165) is 25.6 Å². The molecular formula is C18H25FN2. The molecule has 0 spiro atoms. The third-order valence-corrected chi connectivity index (χ3v) is 4.68. The Hall–Kier alpha value is -1.19. The smallest absolute Gasteiger partial charge is 0.123 e. The zero-order chi connectivity index (χ0) is 14.5. The van der Waals surface area contributed by atoms with Gasteiger partial charge >= 0.3 is 0 Å². The van der Waals surface area contributed by atoms with Gasteiger partial charge < -0.3 is 4.90 Å². The first-order valence-electron chi connectivity index (χ1n) is 8.14. The van der Waals surface area contributed by atoms with Crippen molar-refractivity contribution in [3.8, 4) is 0 Å². The highest BCUT2D eigenvalue weighted by atomic mass is 19.1. The van der Waals surface area contributed by atoms with Crippen LogP contribution in [0, 0.1) is 11.7 Å². The molecule has 1 aromatic rings. The zero-order valence-corrected chi connectivity index (χ0v) is 12.7. The highest BCUT2D eigenvalue weighted by Gasteiger charge is 2.20.